The van der Waals surface area contributed by atoms with Crippen molar-refractivity contribution >= 4 is 0 Å². The van der Waals surface area contributed by atoms with Crippen LogP contribution in [0.4, 0.5) is 0 Å². The standard InChI is InChI=1S/C12H25NO/c1-9-5-6-12(13,7-10(9)2)11(3)8-14-4/h9-11H,5-8,13H2,1-4H3. The Morgan fingerprint density at radius 1 is 1.43 bits per heavy atom. The molecule has 2 N–H and O–H groups in total. The van der Waals surface area contributed by atoms with E-state index in [1.54, 1.807) is 7.11 Å². The zero-order valence-corrected chi connectivity index (χ0v) is 10.0. The molecule has 1 fully saturated rings. The lowest BCUT2D eigenvalue weighted by Gasteiger charge is -2.43. The van der Waals surface area contributed by atoms with Gasteiger partial charge in [-0.25, -0.2) is 0 Å². The third-order valence-electron chi connectivity index (χ3n) is 4.14. The molecule has 14 heavy (non-hydrogen) atoms. The van der Waals surface area contributed by atoms with Gasteiger partial charge in [0.15, 0.2) is 0 Å². The average Bonchev–Trinajstić information content (AvgIpc) is 2.13. The Morgan fingerprint density at radius 2 is 2.07 bits per heavy atom. The first-order valence-corrected chi connectivity index (χ1v) is 5.77. The van der Waals surface area contributed by atoms with E-state index in [9.17, 15) is 0 Å². The molecule has 0 radical (unpaired) electrons. The van der Waals surface area contributed by atoms with Gasteiger partial charge in [0.2, 0.25) is 0 Å². The van der Waals surface area contributed by atoms with Gasteiger partial charge in [-0.2, -0.15) is 0 Å². The van der Waals surface area contributed by atoms with Gasteiger partial charge in [0.25, 0.3) is 0 Å². The van der Waals surface area contributed by atoms with Crippen LogP contribution in [0.5, 0.6) is 0 Å². The first-order chi connectivity index (χ1) is 6.49. The molecule has 1 aliphatic carbocycles. The van der Waals surface area contributed by atoms with Gasteiger partial charge in [0.05, 0.1) is 6.61 Å². The lowest BCUT2D eigenvalue weighted by molar-refractivity contribution is 0.0677. The number of methoxy groups -OCH3 is 1. The molecule has 0 heterocycles. The van der Waals surface area contributed by atoms with Gasteiger partial charge < -0.3 is 10.5 Å². The molecule has 0 spiro atoms. The number of nitrogens with two attached hydrogens (primary N) is 1. The molecule has 2 nitrogen and oxygen atoms in total. The Balaban J connectivity index is 2.57. The average molecular weight is 199 g/mol. The van der Waals surface area contributed by atoms with Gasteiger partial charge in [-0.1, -0.05) is 20.8 Å². The van der Waals surface area contributed by atoms with E-state index in [1.807, 2.05) is 0 Å². The first kappa shape index (κ1) is 12.0. The van der Waals surface area contributed by atoms with Crippen molar-refractivity contribution in [2.75, 3.05) is 13.7 Å². The summed E-state index contributed by atoms with van der Waals surface area (Å²) in [5.41, 5.74) is 6.48. The van der Waals surface area contributed by atoms with E-state index >= 15 is 0 Å². The van der Waals surface area contributed by atoms with Crippen molar-refractivity contribution in [3.63, 3.8) is 0 Å². The van der Waals surface area contributed by atoms with Crippen LogP contribution in [-0.4, -0.2) is 19.3 Å². The Hall–Kier alpha value is -0.0800. The minimum absolute atomic E-state index is 0.0158. The number of ether oxygens (including phenoxy) is 1. The molecule has 84 valence electrons. The summed E-state index contributed by atoms with van der Waals surface area (Å²) in [6, 6.07) is 0. The second-order valence-electron chi connectivity index (χ2n) is 5.29. The second kappa shape index (κ2) is 4.63. The summed E-state index contributed by atoms with van der Waals surface area (Å²) in [5.74, 6) is 2.07. The van der Waals surface area contributed by atoms with E-state index in [4.69, 9.17) is 10.5 Å². The molecule has 0 aliphatic heterocycles. The maximum atomic E-state index is 6.46. The molecule has 0 aromatic heterocycles. The molecule has 1 saturated carbocycles. The summed E-state index contributed by atoms with van der Waals surface area (Å²) < 4.78 is 5.20. The molecule has 2 heteroatoms. The highest BCUT2D eigenvalue weighted by Gasteiger charge is 2.38. The summed E-state index contributed by atoms with van der Waals surface area (Å²) in [5, 5.41) is 0. The Kier molecular flexibility index (Phi) is 3.96. The van der Waals surface area contributed by atoms with Crippen LogP contribution in [0.3, 0.4) is 0 Å². The normalized spacial score (nSPS) is 40.9. The quantitative estimate of drug-likeness (QED) is 0.757. The summed E-state index contributed by atoms with van der Waals surface area (Å²) in [7, 11) is 1.76. The van der Waals surface area contributed by atoms with Crippen LogP contribution < -0.4 is 5.73 Å². The van der Waals surface area contributed by atoms with E-state index < -0.39 is 0 Å². The molecule has 0 bridgehead atoms. The molecule has 4 unspecified atom stereocenters. The van der Waals surface area contributed by atoms with Crippen LogP contribution in [0.1, 0.15) is 40.0 Å². The summed E-state index contributed by atoms with van der Waals surface area (Å²) in [4.78, 5) is 0. The largest absolute Gasteiger partial charge is 0.384 e. The Morgan fingerprint density at radius 3 is 2.57 bits per heavy atom. The third-order valence-corrected chi connectivity index (χ3v) is 4.14. The van der Waals surface area contributed by atoms with Crippen LogP contribution in [0.25, 0.3) is 0 Å². The highest BCUT2D eigenvalue weighted by molar-refractivity contribution is 4.95. The molecule has 4 atom stereocenters. The summed E-state index contributed by atoms with van der Waals surface area (Å²) in [6.45, 7) is 7.67. The van der Waals surface area contributed by atoms with Crippen molar-refractivity contribution in [2.24, 2.45) is 23.5 Å². The zero-order valence-electron chi connectivity index (χ0n) is 10.0. The monoisotopic (exact) mass is 199 g/mol. The molecular weight excluding hydrogens is 174 g/mol. The fraction of sp³-hybridized carbons (Fsp3) is 1.00. The predicted molar refractivity (Wildman–Crippen MR) is 60.1 cm³/mol. The number of hydrogen-bond acceptors (Lipinski definition) is 2. The van der Waals surface area contributed by atoms with Crippen molar-refractivity contribution in [1.29, 1.82) is 0 Å². The summed E-state index contributed by atoms with van der Waals surface area (Å²) >= 11 is 0. The van der Waals surface area contributed by atoms with Gasteiger partial charge in [0, 0.05) is 12.6 Å². The maximum absolute atomic E-state index is 6.46. The number of rotatable bonds is 3. The predicted octanol–water partition coefficient (Wildman–Crippen LogP) is 2.42. The summed E-state index contributed by atoms with van der Waals surface area (Å²) in [6.07, 6.45) is 3.58. The van der Waals surface area contributed by atoms with Crippen LogP contribution in [0.2, 0.25) is 0 Å². The highest BCUT2D eigenvalue weighted by Crippen LogP contribution is 2.38. The van der Waals surface area contributed by atoms with Crippen molar-refractivity contribution in [1.82, 2.24) is 0 Å². The van der Waals surface area contributed by atoms with Crippen LogP contribution >= 0.6 is 0 Å². The molecular formula is C12H25NO. The van der Waals surface area contributed by atoms with Crippen molar-refractivity contribution in [2.45, 2.75) is 45.6 Å². The minimum atomic E-state index is 0.0158. The zero-order chi connectivity index (χ0) is 10.8. The lowest BCUT2D eigenvalue weighted by Crippen LogP contribution is -2.52. The fourth-order valence-electron chi connectivity index (χ4n) is 2.55. The van der Waals surface area contributed by atoms with Gasteiger partial charge in [-0.15, -0.1) is 0 Å². The Bertz CT molecular complexity index is 183. The van der Waals surface area contributed by atoms with E-state index in [2.05, 4.69) is 20.8 Å². The van der Waals surface area contributed by atoms with Crippen molar-refractivity contribution in [3.8, 4) is 0 Å². The van der Waals surface area contributed by atoms with Gasteiger partial charge in [-0.3, -0.25) is 0 Å². The van der Waals surface area contributed by atoms with E-state index in [-0.39, 0.29) is 5.54 Å². The molecule has 0 saturated heterocycles. The topological polar surface area (TPSA) is 35.2 Å². The third kappa shape index (κ3) is 2.48. The lowest BCUT2D eigenvalue weighted by atomic mass is 9.67. The molecule has 0 amide bonds. The van der Waals surface area contributed by atoms with Crippen LogP contribution in [0, 0.1) is 17.8 Å². The van der Waals surface area contributed by atoms with Gasteiger partial charge in [0.1, 0.15) is 0 Å². The smallest absolute Gasteiger partial charge is 0.0505 e. The van der Waals surface area contributed by atoms with E-state index in [1.165, 1.54) is 6.42 Å². The molecule has 1 rings (SSSR count). The number of hydrogen-bond donors (Lipinski definition) is 1. The molecule has 1 aliphatic rings. The highest BCUT2D eigenvalue weighted by atomic mass is 16.5. The fourth-order valence-corrected chi connectivity index (χ4v) is 2.55. The van der Waals surface area contributed by atoms with E-state index in [0.29, 0.717) is 5.92 Å². The molecule has 0 aromatic rings. The van der Waals surface area contributed by atoms with Gasteiger partial charge in [-0.05, 0) is 37.0 Å². The SMILES string of the molecule is COCC(C)C1(N)CCC(C)C(C)C1. The van der Waals surface area contributed by atoms with Crippen molar-refractivity contribution in [3.05, 3.63) is 0 Å². The van der Waals surface area contributed by atoms with Crippen molar-refractivity contribution < 1.29 is 4.74 Å². The second-order valence-corrected chi connectivity index (χ2v) is 5.29. The Labute approximate surface area is 88.2 Å². The van der Waals surface area contributed by atoms with Crippen LogP contribution in [0.15, 0.2) is 0 Å². The minimum Gasteiger partial charge on any atom is -0.384 e. The van der Waals surface area contributed by atoms with Crippen LogP contribution in [-0.2, 0) is 4.74 Å². The maximum Gasteiger partial charge on any atom is 0.0505 e. The van der Waals surface area contributed by atoms with Gasteiger partial charge >= 0.3 is 0 Å². The molecule has 0 aromatic carbocycles. The van der Waals surface area contributed by atoms with E-state index in [0.717, 1.165) is 31.3 Å². The first-order valence-electron chi connectivity index (χ1n) is 5.77.